The van der Waals surface area contributed by atoms with Crippen LogP contribution in [0.2, 0.25) is 0 Å². The lowest BCUT2D eigenvalue weighted by atomic mass is 9.79. The van der Waals surface area contributed by atoms with Crippen molar-refractivity contribution in [3.8, 4) is 78.9 Å². The third-order valence-electron chi connectivity index (χ3n) is 11.4. The summed E-state index contributed by atoms with van der Waals surface area (Å²) in [5.41, 5.74) is 12.6. The van der Waals surface area contributed by atoms with E-state index >= 15 is 0 Å². The molecule has 0 spiro atoms. The Balaban J connectivity index is 1.10. The lowest BCUT2D eigenvalue weighted by molar-refractivity contribution is 0.599. The number of aromatic nitrogens is 5. The van der Waals surface area contributed by atoms with Gasteiger partial charge in [0.1, 0.15) is 0 Å². The maximum Gasteiger partial charge on any atom is 0.164 e. The van der Waals surface area contributed by atoms with E-state index in [0.29, 0.717) is 17.5 Å². The van der Waals surface area contributed by atoms with Crippen molar-refractivity contribution in [3.05, 3.63) is 224 Å². The monoisotopic (exact) mass is 783 g/mol. The Hall–Kier alpha value is -7.89. The van der Waals surface area contributed by atoms with Crippen LogP contribution in [-0.2, 0) is 5.41 Å². The molecule has 0 bridgehead atoms. The van der Waals surface area contributed by atoms with Crippen LogP contribution in [0.3, 0.4) is 0 Å². The predicted molar refractivity (Wildman–Crippen MR) is 250 cm³/mol. The van der Waals surface area contributed by atoms with Gasteiger partial charge in [0.05, 0.1) is 22.8 Å². The van der Waals surface area contributed by atoms with Gasteiger partial charge in [0.25, 0.3) is 0 Å². The molecule has 7 aromatic carbocycles. The Labute approximate surface area is 356 Å². The second-order valence-corrected chi connectivity index (χ2v) is 15.7. The number of pyridine rings is 2. The number of hydrogen-bond donors (Lipinski definition) is 0. The third-order valence-corrected chi connectivity index (χ3v) is 11.4. The van der Waals surface area contributed by atoms with Crippen molar-refractivity contribution in [2.24, 2.45) is 0 Å². The number of hydrogen-bond acceptors (Lipinski definition) is 5. The van der Waals surface area contributed by atoms with Crippen molar-refractivity contribution >= 4 is 10.8 Å². The molecule has 5 nitrogen and oxygen atoms in total. The predicted octanol–water partition coefficient (Wildman–Crippen LogP) is 13.8. The van der Waals surface area contributed by atoms with Crippen LogP contribution in [0.4, 0.5) is 0 Å². The molecule has 0 saturated heterocycles. The van der Waals surface area contributed by atoms with Crippen LogP contribution >= 0.6 is 0 Å². The molecule has 5 heteroatoms. The highest BCUT2D eigenvalue weighted by Gasteiger charge is 2.31. The SMILES string of the molecule is CC(C)(c1cccc(-c2ccccc2)n1)c1nc(-c2ccccc2)ccc1-c1cccc2cccc(-c3ccc(-c4nc(-c5ccccc5)nc(-c5ccccc5)n4)cc3)c12. The van der Waals surface area contributed by atoms with E-state index in [0.717, 1.165) is 83.6 Å². The molecule has 10 rings (SSSR count). The molecule has 10 aromatic rings. The fourth-order valence-corrected chi connectivity index (χ4v) is 8.14. The van der Waals surface area contributed by atoms with Crippen LogP contribution in [0.5, 0.6) is 0 Å². The Morgan fingerprint density at radius 1 is 0.295 bits per heavy atom. The van der Waals surface area contributed by atoms with Crippen LogP contribution in [0.1, 0.15) is 25.2 Å². The summed E-state index contributed by atoms with van der Waals surface area (Å²) in [6.07, 6.45) is 0. The van der Waals surface area contributed by atoms with E-state index in [2.05, 4.69) is 153 Å². The van der Waals surface area contributed by atoms with E-state index < -0.39 is 5.41 Å². The van der Waals surface area contributed by atoms with Crippen LogP contribution < -0.4 is 0 Å². The summed E-state index contributed by atoms with van der Waals surface area (Å²) in [5, 5.41) is 2.31. The van der Waals surface area contributed by atoms with Crippen molar-refractivity contribution in [2.45, 2.75) is 19.3 Å². The smallest absolute Gasteiger partial charge is 0.164 e. The van der Waals surface area contributed by atoms with Gasteiger partial charge in [-0.2, -0.15) is 0 Å². The van der Waals surface area contributed by atoms with Gasteiger partial charge < -0.3 is 0 Å². The van der Waals surface area contributed by atoms with E-state index in [4.69, 9.17) is 24.9 Å². The summed E-state index contributed by atoms with van der Waals surface area (Å²) in [4.78, 5) is 25.7. The summed E-state index contributed by atoms with van der Waals surface area (Å²) in [5.74, 6) is 1.90. The van der Waals surface area contributed by atoms with E-state index in [9.17, 15) is 0 Å². The Bertz CT molecular complexity index is 3070. The minimum absolute atomic E-state index is 0.564. The average molecular weight is 784 g/mol. The minimum Gasteiger partial charge on any atom is -0.252 e. The first-order chi connectivity index (χ1) is 30.0. The molecule has 0 N–H and O–H groups in total. The standard InChI is InChI=1S/C56H41N5/c1-56(2,50-31-17-30-48(57-50)39-18-7-3-8-19-39)52-47(36-37-49(58-52)40-20-9-4-10-21-40)46-29-16-27-41-26-15-28-45(51(41)46)38-32-34-44(35-33-38)55-60-53(42-22-11-5-12-23-42)59-54(61-55)43-24-13-6-14-25-43/h3-37H,1-2H3. The maximum atomic E-state index is 5.52. The molecule has 290 valence electrons. The lowest BCUT2D eigenvalue weighted by Crippen LogP contribution is -2.24. The highest BCUT2D eigenvalue weighted by atomic mass is 15.0. The summed E-state index contributed by atoms with van der Waals surface area (Å²) >= 11 is 0. The minimum atomic E-state index is -0.564. The molecule has 0 amide bonds. The van der Waals surface area contributed by atoms with Crippen LogP contribution in [0, 0.1) is 0 Å². The summed E-state index contributed by atoms with van der Waals surface area (Å²) in [7, 11) is 0. The zero-order valence-corrected chi connectivity index (χ0v) is 33.9. The number of fused-ring (bicyclic) bond motifs is 1. The van der Waals surface area contributed by atoms with Gasteiger partial charge >= 0.3 is 0 Å². The maximum absolute atomic E-state index is 5.52. The van der Waals surface area contributed by atoms with Crippen molar-refractivity contribution in [3.63, 3.8) is 0 Å². The lowest BCUT2D eigenvalue weighted by Gasteiger charge is -2.28. The molecule has 3 aromatic heterocycles. The molecule has 0 saturated carbocycles. The van der Waals surface area contributed by atoms with Gasteiger partial charge in [-0.15, -0.1) is 0 Å². The molecule has 0 atom stereocenters. The van der Waals surface area contributed by atoms with E-state index in [1.165, 1.54) is 0 Å². The zero-order valence-electron chi connectivity index (χ0n) is 33.9. The molecule has 61 heavy (non-hydrogen) atoms. The average Bonchev–Trinajstić information content (AvgIpc) is 3.34. The summed E-state index contributed by atoms with van der Waals surface area (Å²) < 4.78 is 0. The van der Waals surface area contributed by atoms with Crippen LogP contribution in [0.25, 0.3) is 89.7 Å². The number of benzene rings is 7. The van der Waals surface area contributed by atoms with E-state index in [-0.39, 0.29) is 0 Å². The van der Waals surface area contributed by atoms with E-state index in [1.54, 1.807) is 0 Å². The quantitative estimate of drug-likeness (QED) is 0.146. The Morgan fingerprint density at radius 2 is 0.738 bits per heavy atom. The first-order valence-electron chi connectivity index (χ1n) is 20.6. The molecule has 0 radical (unpaired) electrons. The zero-order chi connectivity index (χ0) is 41.2. The molecular formula is C56H41N5. The fraction of sp³-hybridized carbons (Fsp3) is 0.0536. The van der Waals surface area contributed by atoms with E-state index in [1.807, 2.05) is 72.8 Å². The van der Waals surface area contributed by atoms with Gasteiger partial charge in [-0.05, 0) is 59.5 Å². The first-order valence-corrected chi connectivity index (χ1v) is 20.6. The van der Waals surface area contributed by atoms with Gasteiger partial charge in [-0.3, -0.25) is 9.97 Å². The molecule has 0 aliphatic rings. The Morgan fingerprint density at radius 3 is 1.28 bits per heavy atom. The van der Waals surface area contributed by atoms with Gasteiger partial charge in [-0.1, -0.05) is 194 Å². The third kappa shape index (κ3) is 7.38. The highest BCUT2D eigenvalue weighted by molar-refractivity contribution is 6.07. The summed E-state index contributed by atoms with van der Waals surface area (Å²) in [6.45, 7) is 4.48. The van der Waals surface area contributed by atoms with Crippen molar-refractivity contribution in [2.75, 3.05) is 0 Å². The molecule has 3 heterocycles. The topological polar surface area (TPSA) is 64.5 Å². The largest absolute Gasteiger partial charge is 0.252 e. The van der Waals surface area contributed by atoms with Crippen molar-refractivity contribution < 1.29 is 0 Å². The summed E-state index contributed by atoms with van der Waals surface area (Å²) in [6, 6.07) is 73.3. The van der Waals surface area contributed by atoms with Crippen LogP contribution in [0.15, 0.2) is 212 Å². The molecular weight excluding hydrogens is 743 g/mol. The van der Waals surface area contributed by atoms with Gasteiger partial charge in [0.15, 0.2) is 17.5 Å². The molecule has 0 fully saturated rings. The fourth-order valence-electron chi connectivity index (χ4n) is 8.14. The van der Waals surface area contributed by atoms with Crippen molar-refractivity contribution in [1.82, 2.24) is 24.9 Å². The number of nitrogens with zero attached hydrogens (tertiary/aromatic N) is 5. The highest BCUT2D eigenvalue weighted by Crippen LogP contribution is 2.43. The number of rotatable bonds is 9. The molecule has 0 aliphatic heterocycles. The molecule has 0 aliphatic carbocycles. The second kappa shape index (κ2) is 16.0. The first kappa shape index (κ1) is 37.4. The van der Waals surface area contributed by atoms with Gasteiger partial charge in [0, 0.05) is 38.8 Å². The second-order valence-electron chi connectivity index (χ2n) is 15.7. The van der Waals surface area contributed by atoms with Gasteiger partial charge in [0.2, 0.25) is 0 Å². The Kier molecular flexibility index (Phi) is 9.83. The van der Waals surface area contributed by atoms with Crippen molar-refractivity contribution in [1.29, 1.82) is 0 Å². The normalized spacial score (nSPS) is 11.4. The van der Waals surface area contributed by atoms with Gasteiger partial charge in [-0.25, -0.2) is 15.0 Å². The molecule has 0 unspecified atom stereocenters. The van der Waals surface area contributed by atoms with Crippen LogP contribution in [-0.4, -0.2) is 24.9 Å².